The van der Waals surface area contributed by atoms with Gasteiger partial charge in [-0.15, -0.1) is 0 Å². The molecule has 1 atom stereocenters. The van der Waals surface area contributed by atoms with Gasteiger partial charge in [-0.05, 0) is 43.0 Å². The number of benzene rings is 2. The van der Waals surface area contributed by atoms with Crippen molar-refractivity contribution < 1.29 is 5.11 Å². The molecule has 0 saturated carbocycles. The first-order valence-electron chi connectivity index (χ1n) is 8.84. The summed E-state index contributed by atoms with van der Waals surface area (Å²) in [7, 11) is 0. The molecular weight excluding hydrogens is 334 g/mol. The lowest BCUT2D eigenvalue weighted by Crippen LogP contribution is -2.43. The van der Waals surface area contributed by atoms with Crippen molar-refractivity contribution in [1.82, 2.24) is 9.55 Å². The Labute approximate surface area is 152 Å². The molecule has 1 N–H and O–H groups in total. The molecule has 5 heteroatoms. The molecule has 0 unspecified atom stereocenters. The van der Waals surface area contributed by atoms with Crippen LogP contribution >= 0.6 is 11.6 Å². The molecule has 1 aliphatic heterocycles. The van der Waals surface area contributed by atoms with Crippen LogP contribution < -0.4 is 4.90 Å². The van der Waals surface area contributed by atoms with Gasteiger partial charge in [-0.3, -0.25) is 0 Å². The predicted molar refractivity (Wildman–Crippen MR) is 102 cm³/mol. The summed E-state index contributed by atoms with van der Waals surface area (Å²) in [4.78, 5) is 7.16. The zero-order valence-electron chi connectivity index (χ0n) is 14.1. The van der Waals surface area contributed by atoms with Crippen molar-refractivity contribution in [3.05, 3.63) is 59.1 Å². The summed E-state index contributed by atoms with van der Waals surface area (Å²) < 4.78 is 2.23. The number of halogens is 1. The molecule has 1 aliphatic rings. The molecule has 0 amide bonds. The monoisotopic (exact) mass is 355 g/mol. The van der Waals surface area contributed by atoms with E-state index < -0.39 is 0 Å². The maximum atomic E-state index is 9.82. The minimum atomic E-state index is 0.135. The largest absolute Gasteiger partial charge is 0.394 e. The molecule has 1 saturated heterocycles. The summed E-state index contributed by atoms with van der Waals surface area (Å²) in [5, 5.41) is 10.6. The van der Waals surface area contributed by atoms with Crippen LogP contribution in [0.25, 0.3) is 11.0 Å². The number of aliphatic hydroxyl groups excluding tert-OH is 1. The van der Waals surface area contributed by atoms with Gasteiger partial charge >= 0.3 is 0 Å². The third-order valence-electron chi connectivity index (χ3n) is 5.02. The van der Waals surface area contributed by atoms with Crippen molar-refractivity contribution in [2.45, 2.75) is 31.8 Å². The van der Waals surface area contributed by atoms with Gasteiger partial charge in [0.15, 0.2) is 0 Å². The molecule has 2 aromatic carbocycles. The first kappa shape index (κ1) is 16.4. The lowest BCUT2D eigenvalue weighted by atomic mass is 10.0. The van der Waals surface area contributed by atoms with Crippen LogP contribution in [-0.4, -0.2) is 33.9 Å². The third-order valence-corrected chi connectivity index (χ3v) is 5.38. The quantitative estimate of drug-likeness (QED) is 0.766. The number of rotatable bonds is 4. The van der Waals surface area contributed by atoms with Crippen LogP contribution in [0, 0.1) is 0 Å². The number of nitrogens with zero attached hydrogens (tertiary/aromatic N) is 3. The van der Waals surface area contributed by atoms with E-state index in [0.29, 0.717) is 6.54 Å². The number of anilines is 1. The van der Waals surface area contributed by atoms with Crippen molar-refractivity contribution in [3.63, 3.8) is 0 Å². The molecule has 25 heavy (non-hydrogen) atoms. The summed E-state index contributed by atoms with van der Waals surface area (Å²) in [6.45, 7) is 1.76. The minimum Gasteiger partial charge on any atom is -0.394 e. The maximum Gasteiger partial charge on any atom is 0.207 e. The average molecular weight is 356 g/mol. The fourth-order valence-electron chi connectivity index (χ4n) is 3.69. The van der Waals surface area contributed by atoms with Gasteiger partial charge in [0.25, 0.3) is 0 Å². The average Bonchev–Trinajstić information content (AvgIpc) is 3.02. The second kappa shape index (κ2) is 7.06. The Kier molecular flexibility index (Phi) is 4.64. The topological polar surface area (TPSA) is 41.3 Å². The highest BCUT2D eigenvalue weighted by atomic mass is 35.5. The molecule has 4 nitrogen and oxygen atoms in total. The molecule has 1 fully saturated rings. The van der Waals surface area contributed by atoms with E-state index in [-0.39, 0.29) is 12.6 Å². The number of para-hydroxylation sites is 2. The standard InChI is InChI=1S/C20H22ClN3O/c21-17-9-2-1-7-15(17)13-24-19-11-4-3-10-18(19)22-20(24)23-12-6-5-8-16(23)14-25/h1-4,7,9-11,16,25H,5-6,8,12-14H2/t16-/m1/s1. The van der Waals surface area contributed by atoms with Gasteiger partial charge in [-0.25, -0.2) is 4.98 Å². The number of imidazole rings is 1. The Bertz CT molecular complexity index is 876. The SMILES string of the molecule is OC[C@H]1CCCCN1c1nc2ccccc2n1Cc1ccccc1Cl. The maximum absolute atomic E-state index is 9.82. The van der Waals surface area contributed by atoms with E-state index in [9.17, 15) is 5.11 Å². The number of aliphatic hydroxyl groups is 1. The fraction of sp³-hybridized carbons (Fsp3) is 0.350. The van der Waals surface area contributed by atoms with E-state index in [1.165, 1.54) is 0 Å². The second-order valence-corrected chi connectivity index (χ2v) is 7.01. The molecule has 1 aromatic heterocycles. The predicted octanol–water partition coefficient (Wildman–Crippen LogP) is 4.09. The Morgan fingerprint density at radius 1 is 1.08 bits per heavy atom. The van der Waals surface area contributed by atoms with Crippen LogP contribution in [0.4, 0.5) is 5.95 Å². The molecule has 3 aromatic rings. The first-order chi connectivity index (χ1) is 12.3. The highest BCUT2D eigenvalue weighted by Crippen LogP contribution is 2.30. The van der Waals surface area contributed by atoms with Crippen LogP contribution in [0.3, 0.4) is 0 Å². The van der Waals surface area contributed by atoms with Gasteiger partial charge in [-0.2, -0.15) is 0 Å². The van der Waals surface area contributed by atoms with Crippen molar-refractivity contribution in [1.29, 1.82) is 0 Å². The van der Waals surface area contributed by atoms with E-state index in [1.54, 1.807) is 0 Å². The smallest absolute Gasteiger partial charge is 0.207 e. The molecule has 0 spiro atoms. The highest BCUT2D eigenvalue weighted by Gasteiger charge is 2.26. The Balaban J connectivity index is 1.82. The van der Waals surface area contributed by atoms with E-state index in [2.05, 4.69) is 21.6 Å². The zero-order chi connectivity index (χ0) is 17.2. The van der Waals surface area contributed by atoms with Crippen molar-refractivity contribution >= 4 is 28.6 Å². The van der Waals surface area contributed by atoms with Gasteiger partial charge in [0.2, 0.25) is 5.95 Å². The van der Waals surface area contributed by atoms with E-state index in [4.69, 9.17) is 16.6 Å². The van der Waals surface area contributed by atoms with Crippen LogP contribution in [0.1, 0.15) is 24.8 Å². The van der Waals surface area contributed by atoms with Gasteiger partial charge < -0.3 is 14.6 Å². The Morgan fingerprint density at radius 3 is 2.72 bits per heavy atom. The molecule has 0 bridgehead atoms. The number of hydrogen-bond acceptors (Lipinski definition) is 3. The van der Waals surface area contributed by atoms with Crippen LogP contribution in [0.2, 0.25) is 5.02 Å². The lowest BCUT2D eigenvalue weighted by molar-refractivity contribution is 0.238. The molecule has 4 rings (SSSR count). The van der Waals surface area contributed by atoms with Gasteiger partial charge in [0.05, 0.1) is 30.2 Å². The van der Waals surface area contributed by atoms with Crippen LogP contribution in [-0.2, 0) is 6.54 Å². The van der Waals surface area contributed by atoms with Crippen molar-refractivity contribution in [2.24, 2.45) is 0 Å². The highest BCUT2D eigenvalue weighted by molar-refractivity contribution is 6.31. The Hall–Kier alpha value is -2.04. The minimum absolute atomic E-state index is 0.135. The molecule has 130 valence electrons. The summed E-state index contributed by atoms with van der Waals surface area (Å²) >= 11 is 6.40. The third kappa shape index (κ3) is 3.12. The number of aromatic nitrogens is 2. The fourth-order valence-corrected chi connectivity index (χ4v) is 3.88. The lowest BCUT2D eigenvalue weighted by Gasteiger charge is -2.35. The molecular formula is C20H22ClN3O. The second-order valence-electron chi connectivity index (χ2n) is 6.60. The summed E-state index contributed by atoms with van der Waals surface area (Å²) in [6.07, 6.45) is 3.30. The summed E-state index contributed by atoms with van der Waals surface area (Å²) in [5.41, 5.74) is 3.15. The number of fused-ring (bicyclic) bond motifs is 1. The van der Waals surface area contributed by atoms with Crippen LogP contribution in [0.5, 0.6) is 0 Å². The van der Waals surface area contributed by atoms with E-state index in [1.807, 2.05) is 36.4 Å². The Morgan fingerprint density at radius 2 is 1.88 bits per heavy atom. The van der Waals surface area contributed by atoms with Crippen molar-refractivity contribution in [2.75, 3.05) is 18.1 Å². The summed E-state index contributed by atoms with van der Waals surface area (Å²) in [5.74, 6) is 0.930. The van der Waals surface area contributed by atoms with Crippen LogP contribution in [0.15, 0.2) is 48.5 Å². The van der Waals surface area contributed by atoms with Gasteiger partial charge in [0, 0.05) is 11.6 Å². The number of hydrogen-bond donors (Lipinski definition) is 1. The van der Waals surface area contributed by atoms with E-state index >= 15 is 0 Å². The van der Waals surface area contributed by atoms with Gasteiger partial charge in [0.1, 0.15) is 0 Å². The zero-order valence-corrected chi connectivity index (χ0v) is 14.9. The molecule has 2 heterocycles. The normalized spacial score (nSPS) is 18.0. The number of piperidine rings is 1. The molecule has 0 aliphatic carbocycles. The first-order valence-corrected chi connectivity index (χ1v) is 9.22. The van der Waals surface area contributed by atoms with Crippen molar-refractivity contribution in [3.8, 4) is 0 Å². The van der Waals surface area contributed by atoms with E-state index in [0.717, 1.165) is 53.4 Å². The van der Waals surface area contributed by atoms with Gasteiger partial charge in [-0.1, -0.05) is 41.9 Å². The molecule has 0 radical (unpaired) electrons. The summed E-state index contributed by atoms with van der Waals surface area (Å²) in [6, 6.07) is 16.3.